The van der Waals surface area contributed by atoms with E-state index in [1.54, 1.807) is 6.07 Å². The molecule has 0 aliphatic carbocycles. The van der Waals surface area contributed by atoms with Crippen molar-refractivity contribution in [3.8, 4) is 11.5 Å². The zero-order chi connectivity index (χ0) is 72.1. The highest BCUT2D eigenvalue weighted by molar-refractivity contribution is 5.98. The van der Waals surface area contributed by atoms with Gasteiger partial charge in [-0.2, -0.15) is 0 Å². The number of aromatic carboxylic acids is 1. The van der Waals surface area contributed by atoms with E-state index in [9.17, 15) is 38.7 Å². The van der Waals surface area contributed by atoms with Crippen molar-refractivity contribution in [3.05, 3.63) is 242 Å². The fourth-order valence-electron chi connectivity index (χ4n) is 8.59. The smallest absolute Gasteiger partial charge is 0.342 e. The van der Waals surface area contributed by atoms with Crippen LogP contribution in [0.5, 0.6) is 11.5 Å². The molecule has 0 spiro atoms. The number of benzene rings is 2. The second kappa shape index (κ2) is 64.6. The Morgan fingerprint density at radius 1 is 0.343 bits per heavy atom. The van der Waals surface area contributed by atoms with Gasteiger partial charge in [0.1, 0.15) is 22.6 Å². The summed E-state index contributed by atoms with van der Waals surface area (Å²) in [5.74, 6) is -3.38. The maximum Gasteiger partial charge on any atom is 0.342 e. The summed E-state index contributed by atoms with van der Waals surface area (Å²) in [5, 5.41) is 18.0. The van der Waals surface area contributed by atoms with Crippen molar-refractivity contribution in [2.75, 3.05) is 23.8 Å². The Morgan fingerprint density at radius 2 is 0.616 bits per heavy atom. The highest BCUT2D eigenvalue weighted by Crippen LogP contribution is 2.26. The third-order valence-corrected chi connectivity index (χ3v) is 13.8. The van der Waals surface area contributed by atoms with Crippen molar-refractivity contribution >= 4 is 53.0 Å². The average molecular weight is 1350 g/mol. The van der Waals surface area contributed by atoms with Crippen LogP contribution < -0.4 is 25.4 Å². The maximum atomic E-state index is 12.9. The van der Waals surface area contributed by atoms with Crippen LogP contribution in [0.1, 0.15) is 229 Å². The molecule has 3 amide bonds. The molecule has 0 saturated carbocycles. The minimum atomic E-state index is -1.25. The number of allylic oxidation sites excluding steroid dienone is 32. The number of anilines is 2. The van der Waals surface area contributed by atoms with Crippen molar-refractivity contribution in [3.63, 3.8) is 0 Å². The molecule has 2 aromatic carbocycles. The molecule has 0 aliphatic heterocycles. The number of hydrogen-bond acceptors (Lipinski definition) is 10. The van der Waals surface area contributed by atoms with Crippen LogP contribution in [0.3, 0.4) is 0 Å². The van der Waals surface area contributed by atoms with Crippen LogP contribution >= 0.6 is 0 Å². The number of carbonyl (C=O) groups excluding carboxylic acids is 6. The molecule has 0 aromatic heterocycles. The number of rotatable bonds is 52. The number of amides is 3. The first-order valence-electron chi connectivity index (χ1n) is 35.7. The fraction of sp³-hybridized carbons (Fsp3) is 0.400. The summed E-state index contributed by atoms with van der Waals surface area (Å²) < 4.78 is 16.2. The van der Waals surface area contributed by atoms with Gasteiger partial charge in [0, 0.05) is 50.0 Å². The number of nitrogens with one attached hydrogen (secondary N) is 3. The number of esters is 3. The van der Waals surface area contributed by atoms with Crippen molar-refractivity contribution < 1.29 is 52.9 Å². The van der Waals surface area contributed by atoms with Gasteiger partial charge in [-0.15, -0.1) is 0 Å². The zero-order valence-electron chi connectivity index (χ0n) is 60.0. The van der Waals surface area contributed by atoms with Gasteiger partial charge in [-0.25, -0.2) is 9.59 Å². The van der Waals surface area contributed by atoms with E-state index < -0.39 is 23.9 Å². The summed E-state index contributed by atoms with van der Waals surface area (Å²) in [7, 11) is 0. The standard InChI is InChI=1S/C54H71NO5.C31H44N2O6/c1-3-5-7-9-11-13-15-17-19-21-23-24-25-27-28-30-32-34-36-38-40-42-44-52(56)55-49-46-47-51(50(48-49)54(58)59)60-53(57)45-43-41-39-37-35-33-31-29-26-22-20-18-16-14-12-10-8-6-4-2;1-4-7-10-13-17-28(34)32-22-16-23-38-31(37)26-24-25(33-29(35)18-14-11-8-5-2)20-21-27(26)39-30(36)19-15-12-9-6-3/h5-8,11-14,17-20,23-24,26-29,32-35,38-41,46-48H,3-4,9-10,15-16,21-22,25,30-31,36-37,42-45H2,1-2H3,(H,55,56)(H,58,59);7-12,20-21,24H,4-6,13-19,22-23H2,1-3H3,(H,32,34)(H,33,35)/b7-5-,8-6-,13-11-,14-12-,19-17-,20-18-,24-23-,28-27-,29-26-,34-32-,35-33-,40-38-,41-39-;10-7+,11-8+,12-9+. The van der Waals surface area contributed by atoms with Gasteiger partial charge in [0.15, 0.2) is 0 Å². The number of hydrogen-bond donors (Lipinski definition) is 4. The first-order chi connectivity index (χ1) is 48.4. The number of carbonyl (C=O) groups is 7. The second-order valence-electron chi connectivity index (χ2n) is 22.5. The second-order valence-corrected chi connectivity index (χ2v) is 22.5. The summed E-state index contributed by atoms with van der Waals surface area (Å²) in [6.07, 6.45) is 87.0. The predicted octanol–water partition coefficient (Wildman–Crippen LogP) is 21.6. The molecule has 0 heterocycles. The Balaban J connectivity index is 0.00000108. The molecule has 0 aliphatic rings. The van der Waals surface area contributed by atoms with Crippen molar-refractivity contribution in [2.45, 2.75) is 208 Å². The third-order valence-electron chi connectivity index (χ3n) is 13.8. The molecule has 14 heteroatoms. The largest absolute Gasteiger partial charge is 0.478 e. The highest BCUT2D eigenvalue weighted by Gasteiger charge is 2.20. The molecule has 14 nitrogen and oxygen atoms in total. The fourth-order valence-corrected chi connectivity index (χ4v) is 8.59. The Hall–Kier alpha value is -9.43. The minimum absolute atomic E-state index is 0.0443. The summed E-state index contributed by atoms with van der Waals surface area (Å²) in [6.45, 7) is 10.8. The van der Waals surface area contributed by atoms with E-state index in [0.717, 1.165) is 103 Å². The highest BCUT2D eigenvalue weighted by atomic mass is 16.6. The van der Waals surface area contributed by atoms with E-state index in [4.69, 9.17) is 14.2 Å². The molecule has 0 fully saturated rings. The number of ether oxygens (including phenoxy) is 3. The van der Waals surface area contributed by atoms with E-state index >= 15 is 0 Å². The van der Waals surface area contributed by atoms with E-state index in [2.05, 4.69) is 163 Å². The van der Waals surface area contributed by atoms with E-state index in [0.29, 0.717) is 69.3 Å². The molecule has 0 radical (unpaired) electrons. The van der Waals surface area contributed by atoms with Crippen LogP contribution in [0.2, 0.25) is 0 Å². The molecule has 0 saturated heterocycles. The first-order valence-corrected chi connectivity index (χ1v) is 35.7. The molecule has 2 aromatic rings. The summed E-state index contributed by atoms with van der Waals surface area (Å²) in [5.41, 5.74) is 0.591. The predicted molar refractivity (Wildman–Crippen MR) is 411 cm³/mol. The minimum Gasteiger partial charge on any atom is -0.478 e. The summed E-state index contributed by atoms with van der Waals surface area (Å²) >= 11 is 0. The molecule has 536 valence electrons. The summed E-state index contributed by atoms with van der Waals surface area (Å²) in [6, 6.07) is 8.77. The van der Waals surface area contributed by atoms with Crippen LogP contribution in [-0.4, -0.2) is 59.9 Å². The first kappa shape index (κ1) is 87.6. The van der Waals surface area contributed by atoms with Crippen molar-refractivity contribution in [2.24, 2.45) is 0 Å². The topological polar surface area (TPSA) is 203 Å². The van der Waals surface area contributed by atoms with Gasteiger partial charge in [0.05, 0.1) is 6.61 Å². The van der Waals surface area contributed by atoms with Crippen LogP contribution in [0.4, 0.5) is 11.4 Å². The molecule has 0 bridgehead atoms. The lowest BCUT2D eigenvalue weighted by molar-refractivity contribution is -0.135. The Kier molecular flexibility index (Phi) is 57.1. The van der Waals surface area contributed by atoms with Crippen LogP contribution in [0.25, 0.3) is 0 Å². The summed E-state index contributed by atoms with van der Waals surface area (Å²) in [4.78, 5) is 86.2. The molecule has 99 heavy (non-hydrogen) atoms. The normalized spacial score (nSPS) is 12.3. The third kappa shape index (κ3) is 53.3. The quantitative estimate of drug-likeness (QED) is 0.0212. The lowest BCUT2D eigenvalue weighted by Gasteiger charge is -2.13. The Morgan fingerprint density at radius 3 is 0.949 bits per heavy atom. The van der Waals surface area contributed by atoms with Crippen LogP contribution in [-0.2, 0) is 28.7 Å². The maximum absolute atomic E-state index is 12.9. The van der Waals surface area contributed by atoms with Gasteiger partial charge in [-0.05, 0) is 178 Å². The van der Waals surface area contributed by atoms with Gasteiger partial charge in [-0.1, -0.05) is 229 Å². The van der Waals surface area contributed by atoms with Gasteiger partial charge in [-0.3, -0.25) is 24.0 Å². The van der Waals surface area contributed by atoms with Gasteiger partial charge < -0.3 is 35.3 Å². The van der Waals surface area contributed by atoms with E-state index in [1.807, 2.05) is 81.5 Å². The van der Waals surface area contributed by atoms with Crippen molar-refractivity contribution in [1.29, 1.82) is 0 Å². The van der Waals surface area contributed by atoms with Gasteiger partial charge in [0.25, 0.3) is 0 Å². The molecule has 0 atom stereocenters. The number of carboxylic acid groups (broad SMARTS) is 1. The molecule has 2 rings (SSSR count). The van der Waals surface area contributed by atoms with Crippen LogP contribution in [0.15, 0.2) is 231 Å². The van der Waals surface area contributed by atoms with E-state index in [1.165, 1.54) is 30.3 Å². The lowest BCUT2D eigenvalue weighted by atomic mass is 10.1. The van der Waals surface area contributed by atoms with Crippen LogP contribution in [0, 0.1) is 0 Å². The average Bonchev–Trinajstić information content (AvgIpc) is 0.849. The Bertz CT molecular complexity index is 3120. The molecule has 4 N–H and O–H groups in total. The molecular weight excluding hydrogens is 1240 g/mol. The Labute approximate surface area is 593 Å². The van der Waals surface area contributed by atoms with Crippen molar-refractivity contribution in [1.82, 2.24) is 5.32 Å². The lowest BCUT2D eigenvalue weighted by Crippen LogP contribution is -2.25. The monoisotopic (exact) mass is 1350 g/mol. The number of carboxylic acids is 1. The molecular formula is C85H115N3O11. The van der Waals surface area contributed by atoms with Gasteiger partial charge >= 0.3 is 23.9 Å². The van der Waals surface area contributed by atoms with E-state index in [-0.39, 0.29) is 66.2 Å². The zero-order valence-corrected chi connectivity index (χ0v) is 60.0. The molecule has 0 unspecified atom stereocenters. The van der Waals surface area contributed by atoms with Gasteiger partial charge in [0.2, 0.25) is 17.7 Å². The SMILES string of the molecule is CC/C=C/CCC(=O)NCCCOC(=O)c1cc(NC(=O)CC/C=C/CC)ccc1OC(=O)CC/C=C/CC.CC/C=C\C/C=C\C/C=C\C/C=C\C/C=C\C/C=C\C/C=C\CCC(=O)Nc1ccc(OC(=O)CC/C=C\C/C=C\C/C=C\C/C=C\C/C=C\C/C=C\CC)c(C(=O)O)c1.